The van der Waals surface area contributed by atoms with Gasteiger partial charge in [0.25, 0.3) is 11.8 Å². The van der Waals surface area contributed by atoms with Crippen molar-refractivity contribution in [2.24, 2.45) is 11.5 Å². The molecule has 0 saturated heterocycles. The Balaban J connectivity index is 1.16. The van der Waals surface area contributed by atoms with E-state index >= 15 is 4.39 Å². The molecule has 6 rings (SSSR count). The van der Waals surface area contributed by atoms with Crippen LogP contribution in [0.2, 0.25) is 0 Å². The van der Waals surface area contributed by atoms with Crippen molar-refractivity contribution in [3.8, 4) is 22.5 Å². The molecule has 16 nitrogen and oxygen atoms in total. The van der Waals surface area contributed by atoms with Gasteiger partial charge in [-0.15, -0.1) is 4.39 Å². The molecule has 0 aromatic carbocycles. The zero-order valence-electron chi connectivity index (χ0n) is 29.2. The summed E-state index contributed by atoms with van der Waals surface area (Å²) < 4.78 is 20.4. The molecule has 0 radical (unpaired) electrons. The van der Waals surface area contributed by atoms with E-state index in [9.17, 15) is 19.2 Å². The molecule has 6 N–H and O–H groups in total. The predicted octanol–water partition coefficient (Wildman–Crippen LogP) is 1.76. The Labute approximate surface area is 293 Å². The molecule has 0 fully saturated rings. The van der Waals surface area contributed by atoms with Gasteiger partial charge in [0.15, 0.2) is 12.7 Å². The Morgan fingerprint density at radius 1 is 0.824 bits per heavy atom. The van der Waals surface area contributed by atoms with Crippen LogP contribution in [0.4, 0.5) is 14.0 Å². The Morgan fingerprint density at radius 2 is 1.37 bits per heavy atom. The lowest BCUT2D eigenvalue weighted by Gasteiger charge is -2.32. The number of fused-ring (bicyclic) bond motifs is 2. The van der Waals surface area contributed by atoms with Gasteiger partial charge in [0, 0.05) is 48.2 Å². The van der Waals surface area contributed by atoms with Crippen LogP contribution in [0.25, 0.3) is 22.5 Å². The molecular formula is C34H42FN12O4+. The maximum atomic E-state index is 15.7. The quantitative estimate of drug-likeness (QED) is 0.166. The summed E-state index contributed by atoms with van der Waals surface area (Å²) in [6.45, 7) is 10.8. The first kappa shape index (κ1) is 35.0. The van der Waals surface area contributed by atoms with Crippen molar-refractivity contribution < 1.29 is 28.1 Å². The van der Waals surface area contributed by atoms with Crippen molar-refractivity contribution in [3.63, 3.8) is 0 Å². The zero-order chi connectivity index (χ0) is 36.8. The molecule has 0 aliphatic carbocycles. The van der Waals surface area contributed by atoms with Crippen molar-refractivity contribution in [1.82, 2.24) is 45.0 Å². The molecule has 2 aliphatic rings. The normalized spacial score (nSPS) is 14.5. The molecule has 51 heavy (non-hydrogen) atoms. The number of aromatic nitrogens is 6. The number of primary amides is 2. The minimum atomic E-state index is -0.918. The summed E-state index contributed by atoms with van der Waals surface area (Å²) >= 11 is 0. The monoisotopic (exact) mass is 701 g/mol. The highest BCUT2D eigenvalue weighted by atomic mass is 19.1. The highest BCUT2D eigenvalue weighted by Crippen LogP contribution is 2.30. The molecule has 0 spiro atoms. The van der Waals surface area contributed by atoms with Crippen LogP contribution in [0, 0.1) is 5.95 Å². The summed E-state index contributed by atoms with van der Waals surface area (Å²) in [5.74, 6) is -2.02. The van der Waals surface area contributed by atoms with Crippen molar-refractivity contribution in [3.05, 3.63) is 71.3 Å². The summed E-state index contributed by atoms with van der Waals surface area (Å²) in [5.41, 5.74) is 13.2. The van der Waals surface area contributed by atoms with Gasteiger partial charge in [-0.3, -0.25) is 23.9 Å². The lowest BCUT2D eigenvalue weighted by Crippen LogP contribution is -2.58. The summed E-state index contributed by atoms with van der Waals surface area (Å²) in [6, 6.07) is 5.74. The molecule has 0 atom stereocenters. The summed E-state index contributed by atoms with van der Waals surface area (Å²) in [6.07, 6.45) is 4.73. The standard InChI is InChI=1S/C34H41FN12O4/c1-33(2,3)39-31(50)43-11-13-46-22(17-43)25(29(36)48)27(41-46)20-8-10-45(24(35)15-20)19-34(4,5)40-32(51)44-12-14-47-23(18-44)26(30(37)49)28(42-47)21-7-6-9-38-16-21/h6-10,15-16H,11-14,17-19H2,1-5H3,(H5-,36,37,39,40,48,49,50,51)/p+1. The average molecular weight is 702 g/mol. The van der Waals surface area contributed by atoms with Crippen molar-refractivity contribution in [1.29, 1.82) is 0 Å². The second-order valence-corrected chi connectivity index (χ2v) is 14.5. The van der Waals surface area contributed by atoms with E-state index < -0.39 is 34.9 Å². The molecule has 4 aromatic heterocycles. The van der Waals surface area contributed by atoms with E-state index in [0.717, 1.165) is 0 Å². The molecule has 2 aliphatic heterocycles. The van der Waals surface area contributed by atoms with Gasteiger partial charge < -0.3 is 31.9 Å². The minimum absolute atomic E-state index is 0.0640. The molecule has 4 aromatic rings. The summed E-state index contributed by atoms with van der Waals surface area (Å²) in [7, 11) is 0. The predicted molar refractivity (Wildman–Crippen MR) is 182 cm³/mol. The molecule has 6 heterocycles. The Morgan fingerprint density at radius 3 is 1.86 bits per heavy atom. The summed E-state index contributed by atoms with van der Waals surface area (Å²) in [4.78, 5) is 58.8. The first-order valence-electron chi connectivity index (χ1n) is 16.5. The third-order valence-electron chi connectivity index (χ3n) is 8.71. The number of nitrogens with one attached hydrogen (secondary N) is 2. The summed E-state index contributed by atoms with van der Waals surface area (Å²) in [5, 5.41) is 15.1. The Kier molecular flexibility index (Phi) is 8.99. The van der Waals surface area contributed by atoms with Crippen molar-refractivity contribution in [2.45, 2.75) is 78.4 Å². The smallest absolute Gasteiger partial charge is 0.360 e. The number of hydrogen-bond acceptors (Lipinski definition) is 7. The van der Waals surface area contributed by atoms with Crippen LogP contribution >= 0.6 is 0 Å². The second kappa shape index (κ2) is 13.1. The van der Waals surface area contributed by atoms with Crippen LogP contribution in [0.5, 0.6) is 0 Å². The first-order chi connectivity index (χ1) is 24.0. The first-order valence-corrected chi connectivity index (χ1v) is 16.5. The van der Waals surface area contributed by atoms with Crippen molar-refractivity contribution in [2.75, 3.05) is 13.1 Å². The fourth-order valence-corrected chi connectivity index (χ4v) is 6.42. The van der Waals surface area contributed by atoms with E-state index in [1.54, 1.807) is 63.6 Å². The number of carbonyl (C=O) groups excluding carboxylic acids is 4. The van der Waals surface area contributed by atoms with Gasteiger partial charge in [-0.25, -0.2) is 9.59 Å². The van der Waals surface area contributed by atoms with E-state index in [0.29, 0.717) is 54.4 Å². The van der Waals surface area contributed by atoms with Gasteiger partial charge in [-0.05, 0) is 46.8 Å². The van der Waals surface area contributed by atoms with E-state index in [1.165, 1.54) is 16.8 Å². The molecule has 0 bridgehead atoms. The average Bonchev–Trinajstić information content (AvgIpc) is 3.63. The Hall–Kier alpha value is -5.87. The van der Waals surface area contributed by atoms with Gasteiger partial charge in [-0.1, -0.05) is 0 Å². The van der Waals surface area contributed by atoms with Crippen LogP contribution in [0.1, 0.15) is 66.7 Å². The largest absolute Gasteiger partial charge is 0.365 e. The molecular weight excluding hydrogens is 659 g/mol. The fourth-order valence-electron chi connectivity index (χ4n) is 6.42. The number of carbonyl (C=O) groups is 4. The van der Waals surface area contributed by atoms with Crippen LogP contribution in [-0.4, -0.2) is 82.4 Å². The maximum absolute atomic E-state index is 15.7. The number of nitrogens with zero attached hydrogens (tertiary/aromatic N) is 8. The van der Waals surface area contributed by atoms with E-state index in [4.69, 9.17) is 11.5 Å². The molecule has 17 heteroatoms. The number of nitrogens with two attached hydrogens (primary N) is 2. The molecule has 0 unspecified atom stereocenters. The fraction of sp³-hybridized carbons (Fsp3) is 0.412. The minimum Gasteiger partial charge on any atom is -0.365 e. The third-order valence-corrected chi connectivity index (χ3v) is 8.71. The highest BCUT2D eigenvalue weighted by molar-refractivity contribution is 6.01. The third kappa shape index (κ3) is 7.22. The van der Waals surface area contributed by atoms with Gasteiger partial charge in [0.05, 0.1) is 60.3 Å². The van der Waals surface area contributed by atoms with Crippen molar-refractivity contribution >= 4 is 23.9 Å². The Bertz CT molecular complexity index is 2030. The maximum Gasteiger partial charge on any atom is 0.360 e. The number of hydrogen-bond donors (Lipinski definition) is 4. The van der Waals surface area contributed by atoms with Crippen LogP contribution in [0.15, 0.2) is 42.9 Å². The zero-order valence-corrected chi connectivity index (χ0v) is 29.2. The van der Waals surface area contributed by atoms with E-state index in [2.05, 4.69) is 25.8 Å². The van der Waals surface area contributed by atoms with E-state index in [1.807, 2.05) is 20.8 Å². The van der Waals surface area contributed by atoms with Gasteiger partial charge in [-0.2, -0.15) is 14.8 Å². The van der Waals surface area contributed by atoms with Crippen LogP contribution in [0.3, 0.4) is 0 Å². The van der Waals surface area contributed by atoms with Gasteiger partial charge in [0.2, 0.25) is 0 Å². The molecule has 6 amide bonds. The lowest BCUT2D eigenvalue weighted by atomic mass is 10.0. The number of amides is 6. The van der Waals surface area contributed by atoms with Crippen LogP contribution < -0.4 is 26.7 Å². The molecule has 0 saturated carbocycles. The SMILES string of the molecule is CC(C)(C)NC(=O)N1CCn2nc(-c3cc[n+](CC(C)(C)NC(=O)N4CCn5nc(-c6cccnc6)c(C(N)=O)c5C4)c(F)c3)c(C(N)=O)c2C1. The van der Waals surface area contributed by atoms with E-state index in [-0.39, 0.29) is 42.5 Å². The lowest BCUT2D eigenvalue weighted by molar-refractivity contribution is -0.730. The number of halogens is 1. The topological polar surface area (TPSA) is 203 Å². The number of rotatable bonds is 7. The number of urea groups is 2. The molecule has 268 valence electrons. The van der Waals surface area contributed by atoms with Gasteiger partial charge in [0.1, 0.15) is 11.4 Å². The second-order valence-electron chi connectivity index (χ2n) is 14.5. The van der Waals surface area contributed by atoms with Crippen LogP contribution in [-0.2, 0) is 32.7 Å². The number of pyridine rings is 2. The van der Waals surface area contributed by atoms with Gasteiger partial charge >= 0.3 is 18.0 Å². The highest BCUT2D eigenvalue weighted by Gasteiger charge is 2.35.